The van der Waals surface area contributed by atoms with Crippen LogP contribution < -0.4 is 5.73 Å². The standard InChI is InChI=1S/C18H28N4.HI/c19-18(22-12-4-1-5-13-22)20-10-6-11-21-14-9-16-7-2-3-8-17(16)15-21;/h2-3,7-8H,1,4-6,9-15H2,(H2,19,20);1H. The van der Waals surface area contributed by atoms with Gasteiger partial charge in [-0.15, -0.1) is 24.0 Å². The van der Waals surface area contributed by atoms with Crippen LogP contribution >= 0.6 is 24.0 Å². The molecule has 1 aromatic rings. The first-order valence-electron chi connectivity index (χ1n) is 8.67. The van der Waals surface area contributed by atoms with E-state index in [1.54, 1.807) is 0 Å². The minimum absolute atomic E-state index is 0. The summed E-state index contributed by atoms with van der Waals surface area (Å²) in [6.45, 7) is 6.38. The molecule has 0 bridgehead atoms. The third kappa shape index (κ3) is 5.35. The maximum absolute atomic E-state index is 6.09. The highest BCUT2D eigenvalue weighted by Crippen LogP contribution is 2.18. The van der Waals surface area contributed by atoms with E-state index in [2.05, 4.69) is 39.1 Å². The Morgan fingerprint density at radius 1 is 1.04 bits per heavy atom. The van der Waals surface area contributed by atoms with Gasteiger partial charge in [-0.3, -0.25) is 9.89 Å². The number of hydrogen-bond acceptors (Lipinski definition) is 2. The van der Waals surface area contributed by atoms with Crippen molar-refractivity contribution in [2.24, 2.45) is 10.7 Å². The van der Waals surface area contributed by atoms with Gasteiger partial charge >= 0.3 is 0 Å². The summed E-state index contributed by atoms with van der Waals surface area (Å²) in [5, 5.41) is 0. The van der Waals surface area contributed by atoms with E-state index in [1.165, 1.54) is 43.4 Å². The van der Waals surface area contributed by atoms with E-state index in [9.17, 15) is 0 Å². The number of aliphatic imine (C=N–C) groups is 1. The van der Waals surface area contributed by atoms with Crippen LogP contribution in [0.25, 0.3) is 0 Å². The molecule has 2 heterocycles. The quantitative estimate of drug-likeness (QED) is 0.347. The monoisotopic (exact) mass is 428 g/mol. The van der Waals surface area contributed by atoms with Crippen LogP contribution in [0.15, 0.2) is 29.3 Å². The van der Waals surface area contributed by atoms with Gasteiger partial charge in [0.15, 0.2) is 5.96 Å². The SMILES string of the molecule is I.NC(=NCCCN1CCc2ccccc2C1)N1CCCCC1. The highest BCUT2D eigenvalue weighted by molar-refractivity contribution is 14.0. The normalized spacial score (nSPS) is 19.1. The average molecular weight is 428 g/mol. The highest BCUT2D eigenvalue weighted by atomic mass is 127. The number of fused-ring (bicyclic) bond motifs is 1. The van der Waals surface area contributed by atoms with Crippen LogP contribution in [0.3, 0.4) is 0 Å². The zero-order chi connectivity index (χ0) is 15.2. The molecule has 2 aliphatic heterocycles. The van der Waals surface area contributed by atoms with Crippen LogP contribution in [0.1, 0.15) is 36.8 Å². The summed E-state index contributed by atoms with van der Waals surface area (Å²) >= 11 is 0. The number of nitrogens with two attached hydrogens (primary N) is 1. The molecule has 4 nitrogen and oxygen atoms in total. The number of likely N-dealkylation sites (tertiary alicyclic amines) is 1. The summed E-state index contributed by atoms with van der Waals surface area (Å²) in [7, 11) is 0. The Morgan fingerprint density at radius 2 is 1.78 bits per heavy atom. The van der Waals surface area contributed by atoms with Crippen molar-refractivity contribution in [3.63, 3.8) is 0 Å². The molecule has 1 aromatic carbocycles. The predicted molar refractivity (Wildman–Crippen MR) is 107 cm³/mol. The fraction of sp³-hybridized carbons (Fsp3) is 0.611. The second kappa shape index (κ2) is 9.47. The van der Waals surface area contributed by atoms with Gasteiger partial charge in [-0.2, -0.15) is 0 Å². The summed E-state index contributed by atoms with van der Waals surface area (Å²) in [6, 6.07) is 8.81. The lowest BCUT2D eigenvalue weighted by Gasteiger charge is -2.29. The van der Waals surface area contributed by atoms with Crippen LogP contribution in [0.5, 0.6) is 0 Å². The second-order valence-corrected chi connectivity index (χ2v) is 6.44. The molecule has 1 fully saturated rings. The molecule has 0 amide bonds. The van der Waals surface area contributed by atoms with Gasteiger partial charge in [-0.25, -0.2) is 0 Å². The molecule has 0 aromatic heterocycles. The lowest BCUT2D eigenvalue weighted by Crippen LogP contribution is -2.41. The minimum atomic E-state index is 0. The van der Waals surface area contributed by atoms with Crippen LogP contribution in [0, 0.1) is 0 Å². The topological polar surface area (TPSA) is 44.9 Å². The van der Waals surface area contributed by atoms with Gasteiger partial charge in [-0.05, 0) is 43.2 Å². The van der Waals surface area contributed by atoms with E-state index >= 15 is 0 Å². The third-order valence-corrected chi connectivity index (χ3v) is 4.80. The van der Waals surface area contributed by atoms with E-state index in [1.807, 2.05) is 0 Å². The predicted octanol–water partition coefficient (Wildman–Crippen LogP) is 2.85. The lowest BCUT2D eigenvalue weighted by atomic mass is 10.00. The summed E-state index contributed by atoms with van der Waals surface area (Å²) in [4.78, 5) is 9.34. The van der Waals surface area contributed by atoms with Gasteiger partial charge in [0.1, 0.15) is 0 Å². The van der Waals surface area contributed by atoms with Gasteiger partial charge < -0.3 is 10.6 Å². The summed E-state index contributed by atoms with van der Waals surface area (Å²) in [6.07, 6.45) is 6.11. The van der Waals surface area contributed by atoms with Gasteiger partial charge in [0.05, 0.1) is 0 Å². The molecule has 0 unspecified atom stereocenters. The minimum Gasteiger partial charge on any atom is -0.370 e. The van der Waals surface area contributed by atoms with Gasteiger partial charge in [0.2, 0.25) is 0 Å². The van der Waals surface area contributed by atoms with E-state index in [0.29, 0.717) is 0 Å². The molecule has 0 atom stereocenters. The zero-order valence-corrected chi connectivity index (χ0v) is 16.2. The van der Waals surface area contributed by atoms with Gasteiger partial charge in [-0.1, -0.05) is 24.3 Å². The molecule has 0 saturated carbocycles. The first-order chi connectivity index (χ1) is 10.8. The lowest BCUT2D eigenvalue weighted by molar-refractivity contribution is 0.252. The van der Waals surface area contributed by atoms with Crippen molar-refractivity contribution >= 4 is 29.9 Å². The second-order valence-electron chi connectivity index (χ2n) is 6.44. The Morgan fingerprint density at radius 3 is 2.57 bits per heavy atom. The van der Waals surface area contributed by atoms with E-state index < -0.39 is 0 Å². The Kier molecular flexibility index (Phi) is 7.62. The van der Waals surface area contributed by atoms with Crippen LogP contribution in [0.4, 0.5) is 0 Å². The molecule has 2 N–H and O–H groups in total. The summed E-state index contributed by atoms with van der Waals surface area (Å²) in [5.74, 6) is 0.753. The number of benzene rings is 1. The van der Waals surface area contributed by atoms with E-state index in [0.717, 1.165) is 45.1 Å². The largest absolute Gasteiger partial charge is 0.370 e. The van der Waals surface area contributed by atoms with Crippen molar-refractivity contribution in [3.05, 3.63) is 35.4 Å². The van der Waals surface area contributed by atoms with Gasteiger partial charge in [0, 0.05) is 39.3 Å². The van der Waals surface area contributed by atoms with Crippen molar-refractivity contribution in [1.29, 1.82) is 0 Å². The number of piperidine rings is 1. The van der Waals surface area contributed by atoms with Crippen molar-refractivity contribution in [2.45, 2.75) is 38.6 Å². The average Bonchev–Trinajstić information content (AvgIpc) is 2.59. The first kappa shape index (κ1) is 18.5. The molecule has 23 heavy (non-hydrogen) atoms. The maximum Gasteiger partial charge on any atom is 0.191 e. The molecular formula is C18H29IN4. The van der Waals surface area contributed by atoms with Crippen molar-refractivity contribution < 1.29 is 0 Å². The van der Waals surface area contributed by atoms with Crippen LogP contribution in [-0.2, 0) is 13.0 Å². The molecular weight excluding hydrogens is 399 g/mol. The molecule has 0 aliphatic carbocycles. The fourth-order valence-electron chi connectivity index (χ4n) is 3.46. The smallest absolute Gasteiger partial charge is 0.191 e. The Hall–Kier alpha value is -0.820. The van der Waals surface area contributed by atoms with E-state index in [-0.39, 0.29) is 24.0 Å². The molecule has 3 rings (SSSR count). The summed E-state index contributed by atoms with van der Waals surface area (Å²) < 4.78 is 0. The fourth-order valence-corrected chi connectivity index (χ4v) is 3.46. The summed E-state index contributed by atoms with van der Waals surface area (Å²) in [5.41, 5.74) is 9.10. The number of rotatable bonds is 4. The van der Waals surface area contributed by atoms with Crippen LogP contribution in [-0.4, -0.2) is 48.5 Å². The molecule has 0 radical (unpaired) electrons. The molecule has 1 saturated heterocycles. The maximum atomic E-state index is 6.09. The van der Waals surface area contributed by atoms with Crippen molar-refractivity contribution in [3.8, 4) is 0 Å². The van der Waals surface area contributed by atoms with Gasteiger partial charge in [0.25, 0.3) is 0 Å². The first-order valence-corrected chi connectivity index (χ1v) is 8.67. The van der Waals surface area contributed by atoms with Crippen molar-refractivity contribution in [1.82, 2.24) is 9.80 Å². The highest BCUT2D eigenvalue weighted by Gasteiger charge is 2.15. The number of halogens is 1. The molecule has 128 valence electrons. The van der Waals surface area contributed by atoms with E-state index in [4.69, 9.17) is 5.73 Å². The third-order valence-electron chi connectivity index (χ3n) is 4.80. The zero-order valence-electron chi connectivity index (χ0n) is 13.9. The molecule has 0 spiro atoms. The Bertz CT molecular complexity index is 511. The van der Waals surface area contributed by atoms with Crippen LogP contribution in [0.2, 0.25) is 0 Å². The number of hydrogen-bond donors (Lipinski definition) is 1. The Balaban J connectivity index is 0.00000192. The molecule has 2 aliphatic rings. The Labute approximate surface area is 157 Å². The number of guanidine groups is 1. The van der Waals surface area contributed by atoms with Crippen molar-refractivity contribution in [2.75, 3.05) is 32.7 Å². The molecule has 5 heteroatoms. The number of nitrogens with zero attached hydrogens (tertiary/aromatic N) is 3.